The molecule has 0 bridgehead atoms. The summed E-state index contributed by atoms with van der Waals surface area (Å²) in [7, 11) is 0. The number of benzene rings is 2. The van der Waals surface area contributed by atoms with Crippen molar-refractivity contribution in [3.05, 3.63) is 52.5 Å². The monoisotopic (exact) mass is 368 g/mol. The Morgan fingerprint density at radius 2 is 1.90 bits per heavy atom. The van der Waals surface area contributed by atoms with E-state index < -0.39 is 0 Å². The first-order chi connectivity index (χ1) is 9.65. The number of amidine groups is 1. The summed E-state index contributed by atoms with van der Waals surface area (Å²) >= 11 is 6.62. The minimum atomic E-state index is 0.132. The first-order valence-electron chi connectivity index (χ1n) is 5.74. The molecule has 0 heterocycles. The van der Waals surface area contributed by atoms with Crippen molar-refractivity contribution in [3.8, 4) is 0 Å². The summed E-state index contributed by atoms with van der Waals surface area (Å²) in [6, 6.07) is 13.9. The van der Waals surface area contributed by atoms with E-state index in [0.29, 0.717) is 0 Å². The molecule has 0 aliphatic rings. The number of nitrogens with two attached hydrogens (primary N) is 1. The standard InChI is InChI=1S/C14H13BrN2OS2/c1-19-11-6-3-7-12(13(11)14(16)17-18)20-10-5-2-4-9(15)8-10/h2-8,18H,1H3,(H2,16,17). The van der Waals surface area contributed by atoms with Crippen molar-refractivity contribution in [3.63, 3.8) is 0 Å². The third-order valence-corrected chi connectivity index (χ3v) is 4.92. The Labute approximate surface area is 134 Å². The van der Waals surface area contributed by atoms with Gasteiger partial charge in [-0.05, 0) is 36.6 Å². The van der Waals surface area contributed by atoms with Crippen LogP contribution in [0.1, 0.15) is 5.56 Å². The Balaban J connectivity index is 2.46. The van der Waals surface area contributed by atoms with Crippen LogP contribution in [0.15, 0.2) is 66.8 Å². The number of oxime groups is 1. The molecule has 6 heteroatoms. The van der Waals surface area contributed by atoms with Gasteiger partial charge in [0.25, 0.3) is 0 Å². The largest absolute Gasteiger partial charge is 0.409 e. The molecule has 104 valence electrons. The van der Waals surface area contributed by atoms with Gasteiger partial charge in [-0.25, -0.2) is 0 Å². The van der Waals surface area contributed by atoms with Crippen LogP contribution in [0.4, 0.5) is 0 Å². The summed E-state index contributed by atoms with van der Waals surface area (Å²) in [4.78, 5) is 3.04. The molecule has 0 atom stereocenters. The van der Waals surface area contributed by atoms with Crippen LogP contribution < -0.4 is 5.73 Å². The van der Waals surface area contributed by atoms with Crippen molar-refractivity contribution < 1.29 is 5.21 Å². The number of halogens is 1. The zero-order valence-corrected chi connectivity index (χ0v) is 13.9. The van der Waals surface area contributed by atoms with Crippen molar-refractivity contribution in [1.29, 1.82) is 0 Å². The highest BCUT2D eigenvalue weighted by atomic mass is 79.9. The lowest BCUT2D eigenvalue weighted by Gasteiger charge is -2.12. The van der Waals surface area contributed by atoms with E-state index in [2.05, 4.69) is 21.1 Å². The van der Waals surface area contributed by atoms with Gasteiger partial charge in [-0.15, -0.1) is 11.8 Å². The summed E-state index contributed by atoms with van der Waals surface area (Å²) in [6.07, 6.45) is 1.97. The maximum Gasteiger partial charge on any atom is 0.172 e. The molecular weight excluding hydrogens is 356 g/mol. The van der Waals surface area contributed by atoms with Gasteiger partial charge in [-0.1, -0.05) is 45.0 Å². The molecule has 0 aliphatic carbocycles. The lowest BCUT2D eigenvalue weighted by Crippen LogP contribution is -2.15. The Hall–Kier alpha value is -1.11. The second kappa shape index (κ2) is 7.06. The first kappa shape index (κ1) is 15.3. The fraction of sp³-hybridized carbons (Fsp3) is 0.0714. The lowest BCUT2D eigenvalue weighted by atomic mass is 10.2. The predicted molar refractivity (Wildman–Crippen MR) is 89.0 cm³/mol. The summed E-state index contributed by atoms with van der Waals surface area (Å²) < 4.78 is 1.02. The fourth-order valence-electron chi connectivity index (χ4n) is 1.73. The Morgan fingerprint density at radius 1 is 1.20 bits per heavy atom. The van der Waals surface area contributed by atoms with Crippen molar-refractivity contribution in [1.82, 2.24) is 0 Å². The smallest absolute Gasteiger partial charge is 0.172 e. The number of thioether (sulfide) groups is 1. The second-order valence-corrected chi connectivity index (χ2v) is 6.76. The van der Waals surface area contributed by atoms with Crippen LogP contribution in [0.25, 0.3) is 0 Å². The Kier molecular flexibility index (Phi) is 5.39. The number of rotatable bonds is 4. The van der Waals surface area contributed by atoms with Crippen molar-refractivity contribution >= 4 is 45.3 Å². The van der Waals surface area contributed by atoms with Crippen molar-refractivity contribution in [2.75, 3.05) is 6.26 Å². The van der Waals surface area contributed by atoms with Gasteiger partial charge in [0.1, 0.15) is 0 Å². The quantitative estimate of drug-likeness (QED) is 0.275. The topological polar surface area (TPSA) is 58.6 Å². The highest BCUT2D eigenvalue weighted by molar-refractivity contribution is 9.10. The van der Waals surface area contributed by atoms with Crippen LogP contribution in [0, 0.1) is 0 Å². The first-order valence-corrected chi connectivity index (χ1v) is 8.57. The molecule has 3 N–H and O–H groups in total. The van der Waals surface area contributed by atoms with Gasteiger partial charge < -0.3 is 10.9 Å². The molecule has 0 saturated heterocycles. The summed E-state index contributed by atoms with van der Waals surface area (Å²) in [5, 5.41) is 12.1. The van der Waals surface area contributed by atoms with Crippen LogP contribution in [0.5, 0.6) is 0 Å². The van der Waals surface area contributed by atoms with Crippen LogP contribution in [-0.4, -0.2) is 17.3 Å². The van der Waals surface area contributed by atoms with Crippen LogP contribution in [-0.2, 0) is 0 Å². The Morgan fingerprint density at radius 3 is 2.55 bits per heavy atom. The van der Waals surface area contributed by atoms with E-state index in [1.54, 1.807) is 23.5 Å². The SMILES string of the molecule is CSc1cccc(Sc2cccc(Br)c2)c1/C(N)=N/O. The number of nitrogens with zero attached hydrogens (tertiary/aromatic N) is 1. The van der Waals surface area contributed by atoms with Gasteiger partial charge in [0, 0.05) is 24.7 Å². The van der Waals surface area contributed by atoms with E-state index in [9.17, 15) is 0 Å². The molecule has 0 radical (unpaired) electrons. The molecule has 0 fully saturated rings. The van der Waals surface area contributed by atoms with Crippen molar-refractivity contribution in [2.24, 2.45) is 10.9 Å². The summed E-state index contributed by atoms with van der Waals surface area (Å²) in [5.74, 6) is 0.132. The minimum absolute atomic E-state index is 0.132. The molecule has 0 aliphatic heterocycles. The molecule has 0 saturated carbocycles. The van der Waals surface area contributed by atoms with Gasteiger partial charge in [0.05, 0.1) is 0 Å². The second-order valence-electron chi connectivity index (χ2n) is 3.88. The molecule has 0 aromatic heterocycles. The molecule has 0 unspecified atom stereocenters. The average Bonchev–Trinajstić information content (AvgIpc) is 2.46. The molecule has 20 heavy (non-hydrogen) atoms. The van der Waals surface area contributed by atoms with E-state index in [0.717, 1.165) is 24.7 Å². The molecule has 0 amide bonds. The highest BCUT2D eigenvalue weighted by Gasteiger charge is 2.13. The zero-order chi connectivity index (χ0) is 14.5. The fourth-order valence-corrected chi connectivity index (χ4v) is 4.02. The predicted octanol–water partition coefficient (Wildman–Crippen LogP) is 4.42. The lowest BCUT2D eigenvalue weighted by molar-refractivity contribution is 0.318. The van der Waals surface area contributed by atoms with Gasteiger partial charge in [-0.3, -0.25) is 0 Å². The Bertz CT molecular complexity index is 647. The summed E-state index contributed by atoms with van der Waals surface area (Å²) in [5.41, 5.74) is 6.59. The van der Waals surface area contributed by atoms with Gasteiger partial charge in [0.2, 0.25) is 0 Å². The van der Waals surface area contributed by atoms with Gasteiger partial charge in [-0.2, -0.15) is 0 Å². The van der Waals surface area contributed by atoms with E-state index in [1.165, 1.54) is 0 Å². The molecule has 0 spiro atoms. The van der Waals surface area contributed by atoms with E-state index in [4.69, 9.17) is 10.9 Å². The molecular formula is C14H13BrN2OS2. The van der Waals surface area contributed by atoms with E-state index >= 15 is 0 Å². The van der Waals surface area contributed by atoms with E-state index in [1.807, 2.05) is 48.7 Å². The number of hydrogen-bond acceptors (Lipinski definition) is 4. The maximum atomic E-state index is 8.98. The zero-order valence-electron chi connectivity index (χ0n) is 10.7. The van der Waals surface area contributed by atoms with Crippen LogP contribution in [0.2, 0.25) is 0 Å². The highest BCUT2D eigenvalue weighted by Crippen LogP contribution is 2.35. The van der Waals surface area contributed by atoms with Gasteiger partial charge >= 0.3 is 0 Å². The average molecular weight is 369 g/mol. The van der Waals surface area contributed by atoms with E-state index in [-0.39, 0.29) is 5.84 Å². The van der Waals surface area contributed by atoms with Crippen molar-refractivity contribution in [2.45, 2.75) is 14.7 Å². The van der Waals surface area contributed by atoms with Crippen LogP contribution >= 0.6 is 39.5 Å². The van der Waals surface area contributed by atoms with Crippen LogP contribution in [0.3, 0.4) is 0 Å². The molecule has 2 rings (SSSR count). The number of hydrogen-bond donors (Lipinski definition) is 2. The maximum absolute atomic E-state index is 8.98. The molecule has 2 aromatic carbocycles. The van der Waals surface area contributed by atoms with Gasteiger partial charge in [0.15, 0.2) is 5.84 Å². The third-order valence-electron chi connectivity index (χ3n) is 2.60. The normalized spacial score (nSPS) is 11.6. The minimum Gasteiger partial charge on any atom is -0.409 e. The molecule has 3 nitrogen and oxygen atoms in total. The molecule has 2 aromatic rings. The third kappa shape index (κ3) is 3.50. The summed E-state index contributed by atoms with van der Waals surface area (Å²) in [6.45, 7) is 0.